The van der Waals surface area contributed by atoms with Crippen LogP contribution in [0.25, 0.3) is 0 Å². The van der Waals surface area contributed by atoms with E-state index in [2.05, 4.69) is 10.3 Å². The molecule has 0 aromatic carbocycles. The molecular weight excluding hydrogens is 244 g/mol. The highest BCUT2D eigenvalue weighted by Gasteiger charge is 2.17. The minimum atomic E-state index is -0.736. The number of alkyl halides is 1. The fraction of sp³-hybridized carbons (Fsp3) is 0.500. The molecule has 0 spiro atoms. The summed E-state index contributed by atoms with van der Waals surface area (Å²) in [5.74, 6) is 0.220. The third-order valence-corrected chi connectivity index (χ3v) is 2.44. The highest BCUT2D eigenvalue weighted by Crippen LogP contribution is 2.00. The Morgan fingerprint density at radius 1 is 1.65 bits per heavy atom. The van der Waals surface area contributed by atoms with Crippen molar-refractivity contribution >= 4 is 23.5 Å². The molecule has 94 valence electrons. The number of carbonyl (C=O) groups excluding carboxylic acids is 2. The van der Waals surface area contributed by atoms with Crippen LogP contribution in [0.2, 0.25) is 0 Å². The van der Waals surface area contributed by atoms with Gasteiger partial charge in [0.15, 0.2) is 0 Å². The smallest absolute Gasteiger partial charge is 0.324 e. The van der Waals surface area contributed by atoms with E-state index < -0.39 is 17.3 Å². The second-order valence-corrected chi connectivity index (χ2v) is 4.38. The van der Waals surface area contributed by atoms with E-state index in [0.717, 1.165) is 5.82 Å². The Bertz CT molecular complexity index is 416. The Kier molecular flexibility index (Phi) is 4.51. The number of aryl methyl sites for hydroxylation is 1. The van der Waals surface area contributed by atoms with Crippen LogP contribution in [0, 0.1) is 0 Å². The fourth-order valence-electron chi connectivity index (χ4n) is 1.13. The summed E-state index contributed by atoms with van der Waals surface area (Å²) in [7, 11) is 3.41. The monoisotopic (exact) mass is 258 g/mol. The quantitative estimate of drug-likeness (QED) is 0.813. The molecule has 1 heterocycles. The van der Waals surface area contributed by atoms with Crippen LogP contribution in [-0.4, -0.2) is 38.8 Å². The van der Waals surface area contributed by atoms with Gasteiger partial charge in [-0.05, 0) is 6.92 Å². The first kappa shape index (κ1) is 13.5. The van der Waals surface area contributed by atoms with Gasteiger partial charge in [-0.25, -0.2) is 9.78 Å². The number of imide groups is 1. The molecule has 0 aliphatic rings. The first-order valence-electron chi connectivity index (χ1n) is 5.08. The van der Waals surface area contributed by atoms with Gasteiger partial charge in [0, 0.05) is 26.5 Å². The molecule has 17 heavy (non-hydrogen) atoms. The van der Waals surface area contributed by atoms with E-state index in [0.29, 0.717) is 6.54 Å². The second kappa shape index (κ2) is 5.67. The standard InChI is InChI=1S/C10H15ClN4O2/c1-7(11)9(16)13-10(17)15(3)6-8-12-4-5-14(8)2/h4-5,7H,6H2,1-3H3,(H,13,16,17). The molecule has 1 atom stereocenters. The molecule has 0 bridgehead atoms. The Labute approximate surface area is 105 Å². The van der Waals surface area contributed by atoms with Crippen LogP contribution in [-0.2, 0) is 18.4 Å². The van der Waals surface area contributed by atoms with E-state index in [1.807, 2.05) is 7.05 Å². The molecule has 0 aliphatic heterocycles. The summed E-state index contributed by atoms with van der Waals surface area (Å²) in [5, 5.41) is 1.45. The molecule has 0 aliphatic carbocycles. The molecule has 0 radical (unpaired) electrons. The van der Waals surface area contributed by atoms with Crippen LogP contribution in [0.4, 0.5) is 4.79 Å². The first-order chi connectivity index (χ1) is 7.91. The van der Waals surface area contributed by atoms with Crippen molar-refractivity contribution < 1.29 is 9.59 Å². The zero-order chi connectivity index (χ0) is 13.0. The van der Waals surface area contributed by atoms with Crippen molar-refractivity contribution in [2.24, 2.45) is 7.05 Å². The van der Waals surface area contributed by atoms with Crippen LogP contribution in [0.5, 0.6) is 0 Å². The molecule has 3 amide bonds. The van der Waals surface area contributed by atoms with Crippen molar-refractivity contribution in [1.29, 1.82) is 0 Å². The number of amides is 3. The average molecular weight is 259 g/mol. The highest BCUT2D eigenvalue weighted by atomic mass is 35.5. The fourth-order valence-corrected chi connectivity index (χ4v) is 1.19. The predicted octanol–water partition coefficient (Wildman–Crippen LogP) is 0.715. The van der Waals surface area contributed by atoms with Crippen molar-refractivity contribution in [2.75, 3.05) is 7.05 Å². The van der Waals surface area contributed by atoms with E-state index in [9.17, 15) is 9.59 Å². The third-order valence-electron chi connectivity index (χ3n) is 2.24. The molecule has 0 fully saturated rings. The number of imidazole rings is 1. The van der Waals surface area contributed by atoms with Crippen LogP contribution < -0.4 is 5.32 Å². The van der Waals surface area contributed by atoms with Crippen LogP contribution in [0.1, 0.15) is 12.7 Å². The minimum Gasteiger partial charge on any atom is -0.337 e. The van der Waals surface area contributed by atoms with Crippen molar-refractivity contribution in [3.8, 4) is 0 Å². The molecule has 0 saturated carbocycles. The van der Waals surface area contributed by atoms with Gasteiger partial charge in [-0.2, -0.15) is 0 Å². The number of aromatic nitrogens is 2. The molecule has 1 unspecified atom stereocenters. The van der Waals surface area contributed by atoms with Gasteiger partial charge >= 0.3 is 6.03 Å². The molecule has 7 heteroatoms. The maximum atomic E-state index is 11.6. The van der Waals surface area contributed by atoms with E-state index in [1.165, 1.54) is 11.8 Å². The largest absolute Gasteiger partial charge is 0.337 e. The normalized spacial score (nSPS) is 12.0. The van der Waals surface area contributed by atoms with Crippen molar-refractivity contribution in [1.82, 2.24) is 19.8 Å². The zero-order valence-electron chi connectivity index (χ0n) is 9.98. The summed E-state index contributed by atoms with van der Waals surface area (Å²) in [6.45, 7) is 1.82. The maximum Gasteiger partial charge on any atom is 0.324 e. The summed E-state index contributed by atoms with van der Waals surface area (Å²) < 4.78 is 1.80. The Balaban J connectivity index is 2.53. The summed E-state index contributed by atoms with van der Waals surface area (Å²) in [6.07, 6.45) is 3.43. The molecular formula is C10H15ClN4O2. The Morgan fingerprint density at radius 3 is 2.76 bits per heavy atom. The van der Waals surface area contributed by atoms with Crippen molar-refractivity contribution in [3.63, 3.8) is 0 Å². The number of hydrogen-bond acceptors (Lipinski definition) is 3. The number of urea groups is 1. The number of hydrogen-bond donors (Lipinski definition) is 1. The highest BCUT2D eigenvalue weighted by molar-refractivity contribution is 6.31. The molecule has 1 aromatic heterocycles. The van der Waals surface area contributed by atoms with Gasteiger partial charge in [0.05, 0.1) is 6.54 Å². The lowest BCUT2D eigenvalue weighted by Crippen LogP contribution is -2.43. The van der Waals surface area contributed by atoms with Crippen molar-refractivity contribution in [3.05, 3.63) is 18.2 Å². The summed E-state index contributed by atoms with van der Waals surface area (Å²) in [6, 6.07) is -0.495. The van der Waals surface area contributed by atoms with E-state index in [1.54, 1.807) is 24.0 Å². The lowest BCUT2D eigenvalue weighted by atomic mass is 10.4. The SMILES string of the molecule is CC(Cl)C(=O)NC(=O)N(C)Cc1nccn1C. The Hall–Kier alpha value is -1.56. The topological polar surface area (TPSA) is 67.2 Å². The molecule has 1 N–H and O–H groups in total. The van der Waals surface area contributed by atoms with Gasteiger partial charge in [0.1, 0.15) is 11.2 Å². The van der Waals surface area contributed by atoms with Crippen LogP contribution >= 0.6 is 11.6 Å². The Morgan fingerprint density at radius 2 is 2.29 bits per heavy atom. The van der Waals surface area contributed by atoms with E-state index in [4.69, 9.17) is 11.6 Å². The molecule has 6 nitrogen and oxygen atoms in total. The van der Waals surface area contributed by atoms with E-state index >= 15 is 0 Å². The average Bonchev–Trinajstić information content (AvgIpc) is 2.64. The van der Waals surface area contributed by atoms with Gasteiger partial charge in [-0.1, -0.05) is 0 Å². The van der Waals surface area contributed by atoms with Gasteiger partial charge in [-0.15, -0.1) is 11.6 Å². The first-order valence-corrected chi connectivity index (χ1v) is 5.51. The molecule has 0 saturated heterocycles. The van der Waals surface area contributed by atoms with Crippen molar-refractivity contribution in [2.45, 2.75) is 18.8 Å². The lowest BCUT2D eigenvalue weighted by molar-refractivity contribution is -0.119. The third kappa shape index (κ3) is 3.74. The predicted molar refractivity (Wildman–Crippen MR) is 63.5 cm³/mol. The van der Waals surface area contributed by atoms with Crippen LogP contribution in [0.3, 0.4) is 0 Å². The van der Waals surface area contributed by atoms with Gasteiger partial charge in [-0.3, -0.25) is 10.1 Å². The number of rotatable bonds is 3. The van der Waals surface area contributed by atoms with Crippen LogP contribution in [0.15, 0.2) is 12.4 Å². The van der Waals surface area contributed by atoms with Gasteiger partial charge in [0.2, 0.25) is 5.91 Å². The van der Waals surface area contributed by atoms with Gasteiger partial charge < -0.3 is 9.47 Å². The summed E-state index contributed by atoms with van der Waals surface area (Å²) in [4.78, 5) is 28.3. The summed E-state index contributed by atoms with van der Waals surface area (Å²) in [5.41, 5.74) is 0. The van der Waals surface area contributed by atoms with E-state index in [-0.39, 0.29) is 0 Å². The minimum absolute atomic E-state index is 0.319. The second-order valence-electron chi connectivity index (χ2n) is 3.72. The number of halogens is 1. The summed E-state index contributed by atoms with van der Waals surface area (Å²) >= 11 is 5.55. The number of carbonyl (C=O) groups is 2. The number of nitrogens with zero attached hydrogens (tertiary/aromatic N) is 3. The maximum absolute atomic E-state index is 11.6. The zero-order valence-corrected chi connectivity index (χ0v) is 10.7. The lowest BCUT2D eigenvalue weighted by Gasteiger charge is -2.17. The molecule has 1 rings (SSSR count). The number of nitrogens with one attached hydrogen (secondary N) is 1. The molecule has 1 aromatic rings. The van der Waals surface area contributed by atoms with Gasteiger partial charge in [0.25, 0.3) is 0 Å².